The Bertz CT molecular complexity index is 1260. The van der Waals surface area contributed by atoms with Gasteiger partial charge in [0.15, 0.2) is 36.3 Å². The number of anilines is 1. The molecule has 0 bridgehead atoms. The molecule has 4 rings (SSSR count). The Hall–Kier alpha value is -4.21. The van der Waals surface area contributed by atoms with Crippen LogP contribution in [0.1, 0.15) is 33.6 Å². The van der Waals surface area contributed by atoms with E-state index in [9.17, 15) is 23.2 Å². The largest absolute Gasteiger partial charge is 0.482 e. The SMILES string of the molecule is CCNC(=O)c1ccc(CN2C(=O)COc3ccc(C(=O)COc4ccc(F)cc4F)cc32)o1. The van der Waals surface area contributed by atoms with Crippen LogP contribution in [-0.4, -0.2) is 37.4 Å². The molecule has 1 aliphatic rings. The number of halogens is 2. The number of hydrogen-bond acceptors (Lipinski definition) is 6. The van der Waals surface area contributed by atoms with Crippen LogP contribution in [-0.2, 0) is 11.3 Å². The van der Waals surface area contributed by atoms with Crippen molar-refractivity contribution in [2.24, 2.45) is 0 Å². The molecule has 0 saturated heterocycles. The van der Waals surface area contributed by atoms with Crippen LogP contribution in [0.15, 0.2) is 52.9 Å². The van der Waals surface area contributed by atoms with Crippen molar-refractivity contribution in [2.75, 3.05) is 24.7 Å². The van der Waals surface area contributed by atoms with Gasteiger partial charge in [0, 0.05) is 18.2 Å². The van der Waals surface area contributed by atoms with E-state index in [1.807, 2.05) is 0 Å². The highest BCUT2D eigenvalue weighted by molar-refractivity contribution is 6.02. The Labute approximate surface area is 193 Å². The molecule has 2 aromatic carbocycles. The van der Waals surface area contributed by atoms with E-state index in [0.29, 0.717) is 29.8 Å². The smallest absolute Gasteiger partial charge is 0.286 e. The molecule has 1 aromatic heterocycles. The number of ketones is 1. The van der Waals surface area contributed by atoms with Gasteiger partial charge < -0.3 is 19.2 Å². The quantitative estimate of drug-likeness (QED) is 0.506. The van der Waals surface area contributed by atoms with E-state index in [2.05, 4.69) is 5.32 Å². The number of carbonyl (C=O) groups is 3. The lowest BCUT2D eigenvalue weighted by Crippen LogP contribution is -2.38. The predicted octanol–water partition coefficient (Wildman–Crippen LogP) is 3.49. The number of fused-ring (bicyclic) bond motifs is 1. The van der Waals surface area contributed by atoms with Gasteiger partial charge >= 0.3 is 0 Å². The molecule has 176 valence electrons. The number of hydrogen-bond donors (Lipinski definition) is 1. The maximum absolute atomic E-state index is 13.8. The summed E-state index contributed by atoms with van der Waals surface area (Å²) in [6, 6.07) is 10.4. The number of carbonyl (C=O) groups excluding carboxylic acids is 3. The summed E-state index contributed by atoms with van der Waals surface area (Å²) in [7, 11) is 0. The van der Waals surface area contributed by atoms with Gasteiger partial charge in [-0.15, -0.1) is 0 Å². The van der Waals surface area contributed by atoms with Gasteiger partial charge in [0.1, 0.15) is 17.3 Å². The Morgan fingerprint density at radius 3 is 2.71 bits per heavy atom. The predicted molar refractivity (Wildman–Crippen MR) is 116 cm³/mol. The number of Topliss-reactive ketones (excluding diaryl/α,β-unsaturated/α-hetero) is 1. The standard InChI is InChI=1S/C24H20F2N2O6/c1-2-27-24(31)22-8-5-16(34-22)11-28-18-9-14(3-6-21(18)33-13-23(28)30)19(29)12-32-20-7-4-15(25)10-17(20)26/h3-10H,2,11-13H2,1H3,(H,27,31). The van der Waals surface area contributed by atoms with Crippen LogP contribution in [0.25, 0.3) is 0 Å². The van der Waals surface area contributed by atoms with Gasteiger partial charge in [0.05, 0.1) is 12.2 Å². The molecule has 34 heavy (non-hydrogen) atoms. The van der Waals surface area contributed by atoms with Gasteiger partial charge in [-0.05, 0) is 49.4 Å². The first-order valence-corrected chi connectivity index (χ1v) is 10.4. The van der Waals surface area contributed by atoms with Crippen LogP contribution < -0.4 is 19.7 Å². The Kier molecular flexibility index (Phi) is 6.58. The second-order valence-electron chi connectivity index (χ2n) is 7.36. The molecule has 10 heteroatoms. The fraction of sp³-hybridized carbons (Fsp3) is 0.208. The van der Waals surface area contributed by atoms with Crippen molar-refractivity contribution in [3.05, 3.63) is 77.2 Å². The van der Waals surface area contributed by atoms with Gasteiger partial charge in [-0.1, -0.05) is 0 Å². The monoisotopic (exact) mass is 470 g/mol. The zero-order chi connectivity index (χ0) is 24.2. The molecule has 1 N–H and O–H groups in total. The second kappa shape index (κ2) is 9.74. The molecular weight excluding hydrogens is 450 g/mol. The molecular formula is C24H20F2N2O6. The Balaban J connectivity index is 1.51. The van der Waals surface area contributed by atoms with Crippen LogP contribution in [0.5, 0.6) is 11.5 Å². The van der Waals surface area contributed by atoms with E-state index in [1.165, 1.54) is 23.1 Å². The first kappa shape index (κ1) is 23.0. The Morgan fingerprint density at radius 2 is 1.94 bits per heavy atom. The van der Waals surface area contributed by atoms with E-state index >= 15 is 0 Å². The van der Waals surface area contributed by atoms with Gasteiger partial charge in [-0.3, -0.25) is 19.3 Å². The van der Waals surface area contributed by atoms with Crippen LogP contribution in [0.3, 0.4) is 0 Å². The molecule has 0 spiro atoms. The summed E-state index contributed by atoms with van der Waals surface area (Å²) in [6.07, 6.45) is 0. The van der Waals surface area contributed by atoms with E-state index in [0.717, 1.165) is 12.1 Å². The highest BCUT2D eigenvalue weighted by Gasteiger charge is 2.28. The van der Waals surface area contributed by atoms with Gasteiger partial charge in [0.25, 0.3) is 11.8 Å². The van der Waals surface area contributed by atoms with Crippen molar-refractivity contribution in [2.45, 2.75) is 13.5 Å². The normalized spacial score (nSPS) is 12.7. The number of furan rings is 1. The highest BCUT2D eigenvalue weighted by atomic mass is 19.1. The molecule has 0 radical (unpaired) electrons. The third-order valence-corrected chi connectivity index (χ3v) is 5.01. The summed E-state index contributed by atoms with van der Waals surface area (Å²) in [5, 5.41) is 2.63. The van der Waals surface area contributed by atoms with Crippen molar-refractivity contribution in [1.82, 2.24) is 5.32 Å². The molecule has 2 heterocycles. The summed E-state index contributed by atoms with van der Waals surface area (Å²) in [6.45, 7) is 1.55. The lowest BCUT2D eigenvalue weighted by Gasteiger charge is -2.29. The first-order chi connectivity index (χ1) is 16.4. The number of amides is 2. The summed E-state index contributed by atoms with van der Waals surface area (Å²) in [5.74, 6) is -2.28. The van der Waals surface area contributed by atoms with Crippen LogP contribution in [0.2, 0.25) is 0 Å². The van der Waals surface area contributed by atoms with Crippen LogP contribution in [0, 0.1) is 11.6 Å². The van der Waals surface area contributed by atoms with E-state index in [-0.39, 0.29) is 42.0 Å². The van der Waals surface area contributed by atoms with Crippen molar-refractivity contribution in [3.8, 4) is 11.5 Å². The van der Waals surface area contributed by atoms with E-state index in [1.54, 1.807) is 19.1 Å². The molecule has 0 aliphatic carbocycles. The van der Waals surface area contributed by atoms with Crippen LogP contribution >= 0.6 is 0 Å². The fourth-order valence-electron chi connectivity index (χ4n) is 3.36. The van der Waals surface area contributed by atoms with Gasteiger partial charge in [0.2, 0.25) is 0 Å². The maximum atomic E-state index is 13.8. The highest BCUT2D eigenvalue weighted by Crippen LogP contribution is 2.34. The zero-order valence-electron chi connectivity index (χ0n) is 18.1. The number of benzene rings is 2. The molecule has 2 amide bonds. The first-order valence-electron chi connectivity index (χ1n) is 10.4. The number of nitrogens with one attached hydrogen (secondary N) is 1. The van der Waals surface area contributed by atoms with Gasteiger partial charge in [-0.25, -0.2) is 8.78 Å². The third kappa shape index (κ3) is 4.90. The zero-order valence-corrected chi connectivity index (χ0v) is 18.1. The lowest BCUT2D eigenvalue weighted by atomic mass is 10.1. The minimum atomic E-state index is -0.922. The minimum Gasteiger partial charge on any atom is -0.482 e. The fourth-order valence-corrected chi connectivity index (χ4v) is 3.36. The molecule has 3 aromatic rings. The number of nitrogens with zero attached hydrogens (tertiary/aromatic N) is 1. The topological polar surface area (TPSA) is 98.1 Å². The van der Waals surface area contributed by atoms with E-state index in [4.69, 9.17) is 13.9 Å². The van der Waals surface area contributed by atoms with Crippen molar-refractivity contribution >= 4 is 23.3 Å². The molecule has 8 nitrogen and oxygen atoms in total. The number of ether oxygens (including phenoxy) is 2. The van der Waals surface area contributed by atoms with Gasteiger partial charge in [-0.2, -0.15) is 0 Å². The summed E-state index contributed by atoms with van der Waals surface area (Å²) in [4.78, 5) is 38.5. The Morgan fingerprint density at radius 1 is 1.12 bits per heavy atom. The van der Waals surface area contributed by atoms with Crippen LogP contribution in [0.4, 0.5) is 14.5 Å². The van der Waals surface area contributed by atoms with Crippen molar-refractivity contribution in [1.29, 1.82) is 0 Å². The molecule has 1 aliphatic heterocycles. The molecule has 0 atom stereocenters. The summed E-state index contributed by atoms with van der Waals surface area (Å²) >= 11 is 0. The molecule has 0 unspecified atom stereocenters. The minimum absolute atomic E-state index is 0.0174. The second-order valence-corrected chi connectivity index (χ2v) is 7.36. The summed E-state index contributed by atoms with van der Waals surface area (Å²) in [5.41, 5.74) is 0.540. The lowest BCUT2D eigenvalue weighted by molar-refractivity contribution is -0.121. The molecule has 0 fully saturated rings. The average molecular weight is 470 g/mol. The third-order valence-electron chi connectivity index (χ3n) is 5.01. The van der Waals surface area contributed by atoms with Crippen molar-refractivity contribution < 1.29 is 37.1 Å². The van der Waals surface area contributed by atoms with E-state index < -0.39 is 24.0 Å². The number of rotatable bonds is 8. The average Bonchev–Trinajstić information content (AvgIpc) is 3.29. The summed E-state index contributed by atoms with van der Waals surface area (Å²) < 4.78 is 43.0. The molecule has 0 saturated carbocycles. The maximum Gasteiger partial charge on any atom is 0.286 e. The van der Waals surface area contributed by atoms with Crippen molar-refractivity contribution in [3.63, 3.8) is 0 Å².